The average Bonchev–Trinajstić information content (AvgIpc) is 3.10. The second-order valence-corrected chi connectivity index (χ2v) is 8.44. The Labute approximate surface area is 195 Å². The topological polar surface area (TPSA) is 103 Å². The van der Waals surface area contributed by atoms with E-state index in [4.69, 9.17) is 0 Å². The fraction of sp³-hybridized carbons (Fsp3) is 0.192. The summed E-state index contributed by atoms with van der Waals surface area (Å²) >= 11 is 0. The van der Waals surface area contributed by atoms with Crippen molar-refractivity contribution in [2.24, 2.45) is 0 Å². The van der Waals surface area contributed by atoms with Crippen LogP contribution in [-0.2, 0) is 10.3 Å². The van der Waals surface area contributed by atoms with Crippen molar-refractivity contribution in [2.75, 3.05) is 0 Å². The van der Waals surface area contributed by atoms with Gasteiger partial charge in [-0.25, -0.2) is 4.39 Å². The molecule has 1 aromatic heterocycles. The van der Waals surface area contributed by atoms with Gasteiger partial charge >= 0.3 is 0 Å². The van der Waals surface area contributed by atoms with E-state index in [9.17, 15) is 19.6 Å². The number of amides is 3. The van der Waals surface area contributed by atoms with Gasteiger partial charge in [-0.3, -0.25) is 24.3 Å². The molecular formula is C26H21FN4O3. The van der Waals surface area contributed by atoms with Crippen LogP contribution in [0.5, 0.6) is 0 Å². The number of nitrogens with one attached hydrogen (secondary N) is 1. The van der Waals surface area contributed by atoms with Crippen molar-refractivity contribution >= 4 is 17.7 Å². The molecule has 0 fully saturated rings. The van der Waals surface area contributed by atoms with E-state index in [0.29, 0.717) is 10.6 Å². The molecule has 0 unspecified atom stereocenters. The summed E-state index contributed by atoms with van der Waals surface area (Å²) in [6, 6.07) is 17.1. The first kappa shape index (κ1) is 22.8. The van der Waals surface area contributed by atoms with E-state index < -0.39 is 35.5 Å². The Bertz CT molecular complexity index is 1280. The maximum Gasteiger partial charge on any atom is 0.262 e. The summed E-state index contributed by atoms with van der Waals surface area (Å²) in [6.45, 7) is 3.38. The van der Waals surface area contributed by atoms with Crippen molar-refractivity contribution in [1.29, 1.82) is 5.26 Å². The molecule has 7 nitrogen and oxygen atoms in total. The number of rotatable bonds is 6. The van der Waals surface area contributed by atoms with Gasteiger partial charge in [0.25, 0.3) is 11.8 Å². The number of carbonyl (C=O) groups is 3. The molecule has 3 amide bonds. The SMILES string of the molecule is CC(C)(NC(=O)[C@H]([C@@H](F)c1cccc(C#N)c1)N1C(=O)c2ccccc2C1=O)c1ccccn1. The standard InChI is InChI=1S/C26H21FN4O3/c1-26(2,20-12-5-6-13-29-20)30-23(32)22(21(27)17-9-7-8-16(14-17)15-28)31-24(33)18-10-3-4-11-19(18)25(31)34/h3-14,21-22H,1-2H3,(H,30,32)/t21-,22-/m0/s1. The van der Waals surface area contributed by atoms with Crippen molar-refractivity contribution < 1.29 is 18.8 Å². The van der Waals surface area contributed by atoms with Crippen LogP contribution in [0.3, 0.4) is 0 Å². The average molecular weight is 456 g/mol. The van der Waals surface area contributed by atoms with E-state index in [1.807, 2.05) is 6.07 Å². The lowest BCUT2D eigenvalue weighted by Gasteiger charge is -2.33. The van der Waals surface area contributed by atoms with Crippen molar-refractivity contribution in [3.05, 3.63) is 101 Å². The Morgan fingerprint density at radius 2 is 1.68 bits per heavy atom. The number of imide groups is 1. The van der Waals surface area contributed by atoms with Crippen molar-refractivity contribution in [1.82, 2.24) is 15.2 Å². The molecule has 3 aromatic rings. The van der Waals surface area contributed by atoms with Gasteiger partial charge in [0.05, 0.1) is 34.0 Å². The maximum atomic E-state index is 16.0. The molecule has 0 saturated heterocycles. The van der Waals surface area contributed by atoms with Crippen LogP contribution in [0.25, 0.3) is 0 Å². The smallest absolute Gasteiger partial charge is 0.262 e. The van der Waals surface area contributed by atoms with Gasteiger partial charge in [-0.15, -0.1) is 0 Å². The van der Waals surface area contributed by atoms with Gasteiger partial charge in [-0.1, -0.05) is 30.3 Å². The number of nitriles is 1. The lowest BCUT2D eigenvalue weighted by atomic mass is 9.96. The molecule has 4 rings (SSSR count). The Hall–Kier alpha value is -4.38. The number of fused-ring (bicyclic) bond motifs is 1. The lowest BCUT2D eigenvalue weighted by Crippen LogP contribution is -2.55. The molecule has 170 valence electrons. The first-order valence-corrected chi connectivity index (χ1v) is 10.6. The molecular weight excluding hydrogens is 435 g/mol. The fourth-order valence-electron chi connectivity index (χ4n) is 3.98. The van der Waals surface area contributed by atoms with Gasteiger partial charge in [0, 0.05) is 6.20 Å². The van der Waals surface area contributed by atoms with Crippen molar-refractivity contribution in [2.45, 2.75) is 31.6 Å². The Kier molecular flexibility index (Phi) is 5.95. The van der Waals surface area contributed by atoms with Gasteiger partial charge in [-0.2, -0.15) is 5.26 Å². The number of carbonyl (C=O) groups excluding carboxylic acids is 3. The molecule has 2 atom stereocenters. The van der Waals surface area contributed by atoms with Crippen LogP contribution in [0, 0.1) is 11.3 Å². The predicted molar refractivity (Wildman–Crippen MR) is 121 cm³/mol. The zero-order chi connectivity index (χ0) is 24.5. The van der Waals surface area contributed by atoms with Gasteiger partial charge in [-0.05, 0) is 55.8 Å². The number of aromatic nitrogens is 1. The number of nitrogens with zero attached hydrogens (tertiary/aromatic N) is 3. The Morgan fingerprint density at radius 3 is 2.26 bits per heavy atom. The van der Waals surface area contributed by atoms with E-state index >= 15 is 4.39 Å². The fourth-order valence-corrected chi connectivity index (χ4v) is 3.98. The lowest BCUT2D eigenvalue weighted by molar-refractivity contribution is -0.129. The first-order valence-electron chi connectivity index (χ1n) is 10.6. The normalized spacial score (nSPS) is 14.8. The summed E-state index contributed by atoms with van der Waals surface area (Å²) < 4.78 is 16.0. The minimum absolute atomic E-state index is 0.00592. The minimum Gasteiger partial charge on any atom is -0.344 e. The monoisotopic (exact) mass is 456 g/mol. The van der Waals surface area contributed by atoms with E-state index in [-0.39, 0.29) is 22.3 Å². The summed E-state index contributed by atoms with van der Waals surface area (Å²) in [5, 5.41) is 12.0. The molecule has 1 aliphatic heterocycles. The molecule has 0 saturated carbocycles. The summed E-state index contributed by atoms with van der Waals surface area (Å²) in [4.78, 5) is 44.7. The first-order chi connectivity index (χ1) is 16.2. The number of benzene rings is 2. The van der Waals surface area contributed by atoms with Crippen LogP contribution < -0.4 is 5.32 Å². The molecule has 2 heterocycles. The van der Waals surface area contributed by atoms with E-state index in [1.165, 1.54) is 36.4 Å². The number of hydrogen-bond donors (Lipinski definition) is 1. The number of hydrogen-bond acceptors (Lipinski definition) is 5. The van der Waals surface area contributed by atoms with Gasteiger partial charge in [0.15, 0.2) is 12.2 Å². The van der Waals surface area contributed by atoms with Crippen molar-refractivity contribution in [3.8, 4) is 6.07 Å². The number of halogens is 1. The molecule has 34 heavy (non-hydrogen) atoms. The predicted octanol–water partition coefficient (Wildman–Crippen LogP) is 3.68. The maximum absolute atomic E-state index is 16.0. The number of alkyl halides is 1. The minimum atomic E-state index is -2.07. The van der Waals surface area contributed by atoms with Crippen LogP contribution in [0.4, 0.5) is 4.39 Å². The van der Waals surface area contributed by atoms with Crippen LogP contribution in [0.2, 0.25) is 0 Å². The van der Waals surface area contributed by atoms with Crippen LogP contribution in [0.1, 0.15) is 57.6 Å². The molecule has 8 heteroatoms. The molecule has 1 N–H and O–H groups in total. The number of pyridine rings is 1. The molecule has 1 aliphatic rings. The summed E-state index contributed by atoms with van der Waals surface area (Å²) in [5.41, 5.74) is -0.100. The van der Waals surface area contributed by atoms with Crippen molar-refractivity contribution in [3.63, 3.8) is 0 Å². The summed E-state index contributed by atoms with van der Waals surface area (Å²) in [7, 11) is 0. The Balaban J connectivity index is 1.76. The molecule has 0 spiro atoms. The van der Waals surface area contributed by atoms with E-state index in [0.717, 1.165) is 0 Å². The quantitative estimate of drug-likeness (QED) is 0.570. The third kappa shape index (κ3) is 4.04. The van der Waals surface area contributed by atoms with E-state index in [2.05, 4.69) is 10.3 Å². The highest BCUT2D eigenvalue weighted by molar-refractivity contribution is 6.23. The second kappa shape index (κ2) is 8.87. The van der Waals surface area contributed by atoms with Gasteiger partial charge in [0.1, 0.15) is 0 Å². The zero-order valence-electron chi connectivity index (χ0n) is 18.5. The van der Waals surface area contributed by atoms with Crippen LogP contribution in [0.15, 0.2) is 72.9 Å². The summed E-state index contributed by atoms with van der Waals surface area (Å²) in [6.07, 6.45) is -0.508. The van der Waals surface area contributed by atoms with Crippen LogP contribution >= 0.6 is 0 Å². The Morgan fingerprint density at radius 1 is 1.03 bits per heavy atom. The van der Waals surface area contributed by atoms with Crippen LogP contribution in [-0.4, -0.2) is 33.6 Å². The van der Waals surface area contributed by atoms with Gasteiger partial charge < -0.3 is 5.32 Å². The third-order valence-corrected chi connectivity index (χ3v) is 5.72. The highest BCUT2D eigenvalue weighted by Gasteiger charge is 2.47. The summed E-state index contributed by atoms with van der Waals surface area (Å²) in [5.74, 6) is -2.37. The van der Waals surface area contributed by atoms with Gasteiger partial charge in [0.2, 0.25) is 5.91 Å². The molecule has 0 bridgehead atoms. The highest BCUT2D eigenvalue weighted by Crippen LogP contribution is 2.33. The molecule has 0 radical (unpaired) electrons. The largest absolute Gasteiger partial charge is 0.344 e. The zero-order valence-corrected chi connectivity index (χ0v) is 18.5. The third-order valence-electron chi connectivity index (χ3n) is 5.72. The molecule has 0 aliphatic carbocycles. The van der Waals surface area contributed by atoms with E-state index in [1.54, 1.807) is 50.4 Å². The molecule has 2 aromatic carbocycles. The highest BCUT2D eigenvalue weighted by atomic mass is 19.1. The second-order valence-electron chi connectivity index (χ2n) is 8.44.